The van der Waals surface area contributed by atoms with Crippen molar-refractivity contribution in [2.24, 2.45) is 0 Å². The molecular formula is C15H17BrN4. The third kappa shape index (κ3) is 2.93. The molecule has 1 unspecified atom stereocenters. The van der Waals surface area contributed by atoms with Crippen LogP contribution in [0.5, 0.6) is 0 Å². The van der Waals surface area contributed by atoms with Gasteiger partial charge in [0, 0.05) is 29.8 Å². The first-order valence-electron chi connectivity index (χ1n) is 6.77. The molecule has 0 amide bonds. The van der Waals surface area contributed by atoms with Gasteiger partial charge in [0.25, 0.3) is 0 Å². The maximum atomic E-state index is 4.45. The van der Waals surface area contributed by atoms with Crippen molar-refractivity contribution in [3.05, 3.63) is 46.8 Å². The van der Waals surface area contributed by atoms with E-state index >= 15 is 0 Å². The van der Waals surface area contributed by atoms with Gasteiger partial charge in [-0.2, -0.15) is 0 Å². The van der Waals surface area contributed by atoms with Crippen molar-refractivity contribution in [2.45, 2.75) is 19.4 Å². The summed E-state index contributed by atoms with van der Waals surface area (Å²) in [6.45, 7) is 4.00. The van der Waals surface area contributed by atoms with Crippen LogP contribution in [0.3, 0.4) is 0 Å². The van der Waals surface area contributed by atoms with E-state index in [0.29, 0.717) is 6.04 Å². The van der Waals surface area contributed by atoms with Crippen LogP contribution < -0.4 is 10.2 Å². The first kappa shape index (κ1) is 13.4. The second-order valence-electron chi connectivity index (χ2n) is 5.07. The lowest BCUT2D eigenvalue weighted by Crippen LogP contribution is -2.26. The molecule has 0 spiro atoms. The van der Waals surface area contributed by atoms with Gasteiger partial charge in [-0.15, -0.1) is 0 Å². The number of aryl methyl sites for hydroxylation is 1. The number of nitrogens with zero attached hydrogens (tertiary/aromatic N) is 3. The predicted octanol–water partition coefficient (Wildman–Crippen LogP) is 3.24. The Morgan fingerprint density at radius 3 is 2.95 bits per heavy atom. The molecule has 104 valence electrons. The molecule has 0 saturated carbocycles. The maximum absolute atomic E-state index is 4.45. The van der Waals surface area contributed by atoms with Crippen LogP contribution in [-0.4, -0.2) is 29.1 Å². The highest BCUT2D eigenvalue weighted by atomic mass is 79.9. The van der Waals surface area contributed by atoms with Gasteiger partial charge < -0.3 is 10.2 Å². The number of nitrogens with one attached hydrogen (secondary N) is 1. The molecule has 4 nitrogen and oxygen atoms in total. The van der Waals surface area contributed by atoms with Gasteiger partial charge in [-0.3, -0.25) is 4.98 Å². The van der Waals surface area contributed by atoms with Gasteiger partial charge in [0.15, 0.2) is 0 Å². The zero-order valence-corrected chi connectivity index (χ0v) is 13.0. The zero-order chi connectivity index (χ0) is 13.9. The lowest BCUT2D eigenvalue weighted by molar-refractivity contribution is 0.797. The van der Waals surface area contributed by atoms with Crippen molar-refractivity contribution >= 4 is 27.4 Å². The second-order valence-corrected chi connectivity index (χ2v) is 5.93. The Labute approximate surface area is 127 Å². The van der Waals surface area contributed by atoms with Crippen LogP contribution in [0.2, 0.25) is 0 Å². The highest BCUT2D eigenvalue weighted by molar-refractivity contribution is 9.10. The Bertz CT molecular complexity index is 602. The van der Waals surface area contributed by atoms with Crippen molar-refractivity contribution < 1.29 is 0 Å². The molecule has 3 rings (SSSR count). The number of anilines is 2. The molecule has 1 N–H and O–H groups in total. The summed E-state index contributed by atoms with van der Waals surface area (Å²) >= 11 is 3.62. The molecule has 20 heavy (non-hydrogen) atoms. The van der Waals surface area contributed by atoms with Gasteiger partial charge in [-0.25, -0.2) is 4.98 Å². The van der Waals surface area contributed by atoms with Crippen LogP contribution in [0.4, 0.5) is 11.5 Å². The average Bonchev–Trinajstić information content (AvgIpc) is 2.87. The van der Waals surface area contributed by atoms with E-state index in [2.05, 4.69) is 54.3 Å². The molecule has 1 saturated heterocycles. The minimum absolute atomic E-state index is 0.415. The Hall–Kier alpha value is -1.62. The number of hydrogen-bond acceptors (Lipinski definition) is 4. The van der Waals surface area contributed by atoms with E-state index in [1.807, 2.05) is 13.0 Å². The highest BCUT2D eigenvalue weighted by Crippen LogP contribution is 2.29. The number of aromatic nitrogens is 2. The summed E-state index contributed by atoms with van der Waals surface area (Å²) in [5, 5.41) is 3.47. The molecule has 0 bridgehead atoms. The Morgan fingerprint density at radius 2 is 2.15 bits per heavy atom. The molecule has 1 aromatic carbocycles. The minimum Gasteiger partial charge on any atom is -0.368 e. The SMILES string of the molecule is Cc1cncc(NC2CCN(c3ccccc3Br)C2)n1. The van der Waals surface area contributed by atoms with Crippen LogP contribution in [0.15, 0.2) is 41.1 Å². The van der Waals surface area contributed by atoms with Crippen LogP contribution in [0, 0.1) is 6.92 Å². The summed E-state index contributed by atoms with van der Waals surface area (Å²) in [4.78, 5) is 11.0. The van der Waals surface area contributed by atoms with E-state index in [9.17, 15) is 0 Å². The third-order valence-electron chi connectivity index (χ3n) is 3.49. The van der Waals surface area contributed by atoms with Crippen molar-refractivity contribution in [1.29, 1.82) is 0 Å². The largest absolute Gasteiger partial charge is 0.368 e. The van der Waals surface area contributed by atoms with Gasteiger partial charge >= 0.3 is 0 Å². The van der Waals surface area contributed by atoms with Gasteiger partial charge in [-0.1, -0.05) is 12.1 Å². The molecule has 1 aromatic heterocycles. The Morgan fingerprint density at radius 1 is 1.30 bits per heavy atom. The van der Waals surface area contributed by atoms with E-state index < -0.39 is 0 Å². The summed E-state index contributed by atoms with van der Waals surface area (Å²) < 4.78 is 1.15. The van der Waals surface area contributed by atoms with Gasteiger partial charge in [-0.05, 0) is 41.4 Å². The second kappa shape index (κ2) is 5.79. The van der Waals surface area contributed by atoms with Crippen LogP contribution in [0.1, 0.15) is 12.1 Å². The van der Waals surface area contributed by atoms with E-state index in [1.54, 1.807) is 12.4 Å². The molecule has 1 aliphatic heterocycles. The Kier molecular flexibility index (Phi) is 3.87. The minimum atomic E-state index is 0.415. The van der Waals surface area contributed by atoms with E-state index in [-0.39, 0.29) is 0 Å². The topological polar surface area (TPSA) is 41.1 Å². The summed E-state index contributed by atoms with van der Waals surface area (Å²) in [6.07, 6.45) is 4.66. The first-order chi connectivity index (χ1) is 9.72. The predicted molar refractivity (Wildman–Crippen MR) is 85.2 cm³/mol. The van der Waals surface area contributed by atoms with Gasteiger partial charge in [0.1, 0.15) is 5.82 Å². The summed E-state index contributed by atoms with van der Waals surface area (Å²) in [5.74, 6) is 0.865. The fourth-order valence-electron chi connectivity index (χ4n) is 2.55. The number of hydrogen-bond donors (Lipinski definition) is 1. The zero-order valence-electron chi connectivity index (χ0n) is 11.4. The number of para-hydroxylation sites is 1. The monoisotopic (exact) mass is 332 g/mol. The molecule has 5 heteroatoms. The smallest absolute Gasteiger partial charge is 0.145 e. The standard InChI is InChI=1S/C15H17BrN4/c1-11-8-17-9-15(18-11)19-12-6-7-20(10-12)14-5-3-2-4-13(14)16/h2-5,8-9,12H,6-7,10H2,1H3,(H,18,19). The number of halogens is 1. The number of benzene rings is 1. The maximum Gasteiger partial charge on any atom is 0.145 e. The van der Waals surface area contributed by atoms with Crippen molar-refractivity contribution in [3.8, 4) is 0 Å². The molecule has 2 heterocycles. The van der Waals surface area contributed by atoms with Crippen LogP contribution in [-0.2, 0) is 0 Å². The fourth-order valence-corrected chi connectivity index (χ4v) is 3.08. The molecule has 0 radical (unpaired) electrons. The van der Waals surface area contributed by atoms with Gasteiger partial charge in [0.2, 0.25) is 0 Å². The summed E-state index contributed by atoms with van der Waals surface area (Å²) in [7, 11) is 0. The van der Waals surface area contributed by atoms with E-state index in [4.69, 9.17) is 0 Å². The molecule has 1 fully saturated rings. The van der Waals surface area contributed by atoms with Crippen LogP contribution >= 0.6 is 15.9 Å². The van der Waals surface area contributed by atoms with Crippen molar-refractivity contribution in [2.75, 3.05) is 23.3 Å². The quantitative estimate of drug-likeness (QED) is 0.936. The molecular weight excluding hydrogens is 316 g/mol. The average molecular weight is 333 g/mol. The Balaban J connectivity index is 1.67. The van der Waals surface area contributed by atoms with E-state index in [0.717, 1.165) is 35.5 Å². The van der Waals surface area contributed by atoms with Crippen LogP contribution in [0.25, 0.3) is 0 Å². The fraction of sp³-hybridized carbons (Fsp3) is 0.333. The molecule has 1 atom stereocenters. The van der Waals surface area contributed by atoms with Gasteiger partial charge in [0.05, 0.1) is 17.6 Å². The molecule has 0 aliphatic carbocycles. The normalized spacial score (nSPS) is 18.3. The summed E-state index contributed by atoms with van der Waals surface area (Å²) in [5.41, 5.74) is 2.20. The first-order valence-corrected chi connectivity index (χ1v) is 7.56. The molecule has 2 aromatic rings. The lowest BCUT2D eigenvalue weighted by atomic mass is 10.2. The molecule has 1 aliphatic rings. The van der Waals surface area contributed by atoms with Crippen molar-refractivity contribution in [1.82, 2.24) is 9.97 Å². The van der Waals surface area contributed by atoms with E-state index in [1.165, 1.54) is 5.69 Å². The summed E-state index contributed by atoms with van der Waals surface area (Å²) in [6, 6.07) is 8.77. The highest BCUT2D eigenvalue weighted by Gasteiger charge is 2.23. The lowest BCUT2D eigenvalue weighted by Gasteiger charge is -2.20. The third-order valence-corrected chi connectivity index (χ3v) is 4.16. The number of rotatable bonds is 3. The van der Waals surface area contributed by atoms with Crippen molar-refractivity contribution in [3.63, 3.8) is 0 Å².